The van der Waals surface area contributed by atoms with Crippen LogP contribution in [0.25, 0.3) is 0 Å². The number of carboxylic acid groups (broad SMARTS) is 1. The highest BCUT2D eigenvalue weighted by Gasteiger charge is 2.42. The minimum atomic E-state index is -1.02. The Morgan fingerprint density at radius 2 is 1.34 bits per heavy atom. The molecule has 0 unspecified atom stereocenters. The highest BCUT2D eigenvalue weighted by molar-refractivity contribution is 5.87. The smallest absolute Gasteiger partial charge is 0.326 e. The van der Waals surface area contributed by atoms with Gasteiger partial charge in [-0.05, 0) is 51.1 Å². The van der Waals surface area contributed by atoms with E-state index >= 15 is 0 Å². The van der Waals surface area contributed by atoms with Crippen LogP contribution < -0.4 is 5.32 Å². The van der Waals surface area contributed by atoms with Crippen LogP contribution in [0.2, 0.25) is 0 Å². The maximum absolute atomic E-state index is 13.0. The van der Waals surface area contributed by atoms with Crippen molar-refractivity contribution in [3.05, 3.63) is 0 Å². The average molecular weight is 413 g/mol. The van der Waals surface area contributed by atoms with Crippen LogP contribution in [0, 0.1) is 21.7 Å². The van der Waals surface area contributed by atoms with Crippen LogP contribution >= 0.6 is 0 Å². The summed E-state index contributed by atoms with van der Waals surface area (Å²) >= 11 is 0. The van der Waals surface area contributed by atoms with Crippen molar-refractivity contribution in [1.82, 2.24) is 10.2 Å². The zero-order valence-corrected chi connectivity index (χ0v) is 20.5. The average Bonchev–Trinajstić information content (AvgIpc) is 2.47. The van der Waals surface area contributed by atoms with Gasteiger partial charge in [0.05, 0.1) is 0 Å². The van der Waals surface area contributed by atoms with Crippen molar-refractivity contribution < 1.29 is 19.5 Å². The minimum Gasteiger partial charge on any atom is -0.480 e. The first kappa shape index (κ1) is 27.6. The van der Waals surface area contributed by atoms with Crippen LogP contribution in [0.15, 0.2) is 0 Å². The number of Topliss-reactive ketones (excluding diaryl/α,β-unsaturated/α-hetero) is 1. The molecule has 0 saturated heterocycles. The van der Waals surface area contributed by atoms with Gasteiger partial charge in [-0.2, -0.15) is 0 Å². The topological polar surface area (TPSA) is 86.7 Å². The van der Waals surface area contributed by atoms with Crippen molar-refractivity contribution >= 4 is 17.7 Å². The Labute approximate surface area is 177 Å². The predicted molar refractivity (Wildman–Crippen MR) is 118 cm³/mol. The number of hydrogen-bond donors (Lipinski definition) is 2. The van der Waals surface area contributed by atoms with Crippen LogP contribution in [-0.2, 0) is 14.4 Å². The second-order valence-electron chi connectivity index (χ2n) is 11.6. The molecule has 0 aromatic rings. The Bertz CT molecular complexity index is 604. The Morgan fingerprint density at radius 3 is 1.72 bits per heavy atom. The summed E-state index contributed by atoms with van der Waals surface area (Å²) in [7, 11) is 3.99. The molecular weight excluding hydrogens is 368 g/mol. The number of hydrogen-bond acceptors (Lipinski definition) is 4. The van der Waals surface area contributed by atoms with Crippen LogP contribution in [0.4, 0.5) is 0 Å². The maximum atomic E-state index is 13.0. The third-order valence-electron chi connectivity index (χ3n) is 5.93. The number of carbonyl (C=O) groups excluding carboxylic acids is 2. The van der Waals surface area contributed by atoms with Gasteiger partial charge in [0.25, 0.3) is 0 Å². The Balaban J connectivity index is 5.39. The molecule has 6 nitrogen and oxygen atoms in total. The highest BCUT2D eigenvalue weighted by Crippen LogP contribution is 2.38. The molecule has 0 aliphatic heterocycles. The predicted octanol–water partition coefficient (Wildman–Crippen LogP) is 3.98. The van der Waals surface area contributed by atoms with Gasteiger partial charge in [-0.25, -0.2) is 4.79 Å². The molecule has 0 aliphatic carbocycles. The number of carboxylic acids is 1. The highest BCUT2D eigenvalue weighted by atomic mass is 16.4. The van der Waals surface area contributed by atoms with Gasteiger partial charge < -0.3 is 15.3 Å². The standard InChI is InChI=1S/C23H44N2O4/c1-16(26)21(4,5)12-13-22(6,7)19(29)24-17(18(27)28)23(8,9)14-20(2,3)15-25(10)11/h17H,12-15H2,1-11H3,(H,24,29)(H,27,28)/t17-/m0/s1. The SMILES string of the molecule is CC(=O)C(C)(C)CCC(C)(C)C(=O)N[C@@H](C(=O)O)C(C)(C)CC(C)(C)CN(C)C. The summed E-state index contributed by atoms with van der Waals surface area (Å²) in [6.45, 7) is 17.8. The van der Waals surface area contributed by atoms with Crippen LogP contribution in [0.3, 0.4) is 0 Å². The lowest BCUT2D eigenvalue weighted by molar-refractivity contribution is -0.148. The summed E-state index contributed by atoms with van der Waals surface area (Å²) in [5.74, 6) is -1.23. The third kappa shape index (κ3) is 8.85. The molecule has 170 valence electrons. The van der Waals surface area contributed by atoms with Crippen molar-refractivity contribution in [3.63, 3.8) is 0 Å². The van der Waals surface area contributed by atoms with Crippen molar-refractivity contribution in [2.24, 2.45) is 21.7 Å². The Morgan fingerprint density at radius 1 is 0.897 bits per heavy atom. The van der Waals surface area contributed by atoms with E-state index in [1.54, 1.807) is 20.8 Å². The molecule has 0 fully saturated rings. The fourth-order valence-electron chi connectivity index (χ4n) is 4.08. The molecular formula is C23H44N2O4. The summed E-state index contributed by atoms with van der Waals surface area (Å²) < 4.78 is 0. The number of ketones is 1. The monoisotopic (exact) mass is 412 g/mol. The third-order valence-corrected chi connectivity index (χ3v) is 5.93. The Hall–Kier alpha value is -1.43. The normalized spacial score (nSPS) is 14.6. The number of aliphatic carboxylic acids is 1. The second-order valence-corrected chi connectivity index (χ2v) is 11.6. The first-order valence-corrected chi connectivity index (χ1v) is 10.4. The zero-order valence-electron chi connectivity index (χ0n) is 20.5. The van der Waals surface area contributed by atoms with E-state index in [0.29, 0.717) is 19.3 Å². The van der Waals surface area contributed by atoms with Gasteiger partial charge in [-0.3, -0.25) is 9.59 Å². The van der Waals surface area contributed by atoms with Crippen LogP contribution in [0.5, 0.6) is 0 Å². The van der Waals surface area contributed by atoms with Crippen molar-refractivity contribution in [2.75, 3.05) is 20.6 Å². The lowest BCUT2D eigenvalue weighted by Crippen LogP contribution is -2.55. The first-order chi connectivity index (χ1) is 12.7. The maximum Gasteiger partial charge on any atom is 0.326 e. The van der Waals surface area contributed by atoms with E-state index in [9.17, 15) is 19.5 Å². The van der Waals surface area contributed by atoms with Gasteiger partial charge in [-0.15, -0.1) is 0 Å². The van der Waals surface area contributed by atoms with Crippen LogP contribution in [0.1, 0.15) is 81.6 Å². The summed E-state index contributed by atoms with van der Waals surface area (Å²) in [6.07, 6.45) is 1.72. The Kier molecular flexibility index (Phi) is 9.11. The first-order valence-electron chi connectivity index (χ1n) is 10.4. The lowest BCUT2D eigenvalue weighted by atomic mass is 9.70. The molecule has 1 amide bonds. The number of nitrogens with one attached hydrogen (secondary N) is 1. The summed E-state index contributed by atoms with van der Waals surface area (Å²) in [5, 5.41) is 12.7. The molecule has 0 saturated carbocycles. The van der Waals surface area contributed by atoms with E-state index in [0.717, 1.165) is 6.54 Å². The molecule has 29 heavy (non-hydrogen) atoms. The van der Waals surface area contributed by atoms with Crippen molar-refractivity contribution in [2.45, 2.75) is 87.6 Å². The molecule has 6 heteroatoms. The second kappa shape index (κ2) is 9.59. The molecule has 0 aromatic carbocycles. The van der Waals surface area contributed by atoms with E-state index in [1.165, 1.54) is 0 Å². The molecule has 0 radical (unpaired) electrons. The van der Waals surface area contributed by atoms with E-state index in [2.05, 4.69) is 24.1 Å². The van der Waals surface area contributed by atoms with E-state index in [-0.39, 0.29) is 17.1 Å². The summed E-state index contributed by atoms with van der Waals surface area (Å²) in [5.41, 5.74) is -2.00. The van der Waals surface area contributed by atoms with Gasteiger partial charge in [0, 0.05) is 17.4 Å². The molecule has 0 bridgehead atoms. The zero-order chi connectivity index (χ0) is 23.4. The molecule has 0 spiro atoms. The summed E-state index contributed by atoms with van der Waals surface area (Å²) in [6, 6.07) is -0.989. The van der Waals surface area contributed by atoms with Crippen molar-refractivity contribution in [1.29, 1.82) is 0 Å². The van der Waals surface area contributed by atoms with E-state index in [4.69, 9.17) is 0 Å². The van der Waals surface area contributed by atoms with Crippen LogP contribution in [-0.4, -0.2) is 54.3 Å². The summed E-state index contributed by atoms with van der Waals surface area (Å²) in [4.78, 5) is 38.9. The van der Waals surface area contributed by atoms with Crippen molar-refractivity contribution in [3.8, 4) is 0 Å². The minimum absolute atomic E-state index is 0.0846. The van der Waals surface area contributed by atoms with E-state index in [1.807, 2.05) is 41.8 Å². The number of amides is 1. The fourth-order valence-corrected chi connectivity index (χ4v) is 4.08. The molecule has 0 aromatic heterocycles. The quantitative estimate of drug-likeness (QED) is 0.506. The lowest BCUT2D eigenvalue weighted by Gasteiger charge is -2.41. The van der Waals surface area contributed by atoms with Gasteiger partial charge in [0.1, 0.15) is 11.8 Å². The molecule has 1 atom stereocenters. The molecule has 0 heterocycles. The van der Waals surface area contributed by atoms with Gasteiger partial charge >= 0.3 is 5.97 Å². The largest absolute Gasteiger partial charge is 0.480 e. The van der Waals surface area contributed by atoms with Gasteiger partial charge in [0.15, 0.2) is 0 Å². The number of carbonyl (C=O) groups is 3. The molecule has 2 N–H and O–H groups in total. The van der Waals surface area contributed by atoms with E-state index < -0.39 is 28.3 Å². The van der Waals surface area contributed by atoms with Gasteiger partial charge in [-0.1, -0.05) is 55.4 Å². The molecule has 0 aliphatic rings. The number of nitrogens with zero attached hydrogens (tertiary/aromatic N) is 1. The van der Waals surface area contributed by atoms with Gasteiger partial charge in [0.2, 0.25) is 5.91 Å². The molecule has 0 rings (SSSR count). The fraction of sp³-hybridized carbons (Fsp3) is 0.870. The number of rotatable bonds is 12.